The number of imide groups is 1. The Kier molecular flexibility index (Phi) is 19.3. The Labute approximate surface area is 358 Å². The number of nitrogens with two attached hydrogens (primary N) is 1. The number of carbonyl (C=O) groups excluding carboxylic acids is 6. The first-order chi connectivity index (χ1) is 27.5. The fourth-order valence-electron chi connectivity index (χ4n) is 7.00. The van der Waals surface area contributed by atoms with E-state index < -0.39 is 88.5 Å². The molecule has 0 bridgehead atoms. The van der Waals surface area contributed by atoms with Crippen molar-refractivity contribution in [1.29, 1.82) is 0 Å². The zero-order valence-electron chi connectivity index (χ0n) is 37.7. The van der Waals surface area contributed by atoms with Gasteiger partial charge >= 0.3 is 18.0 Å². The van der Waals surface area contributed by atoms with Crippen LogP contribution in [0.5, 0.6) is 0 Å². The molecule has 0 heterocycles. The summed E-state index contributed by atoms with van der Waals surface area (Å²) in [5, 5.41) is 5.57. The largest absolute Gasteiger partial charge is 0.466 e. The molecule has 1 saturated carbocycles. The first kappa shape index (κ1) is 52.1. The van der Waals surface area contributed by atoms with Crippen LogP contribution < -0.4 is 21.1 Å². The lowest BCUT2D eigenvalue weighted by Crippen LogP contribution is -2.54. The second-order valence-corrected chi connectivity index (χ2v) is 26.4. The van der Waals surface area contributed by atoms with Crippen molar-refractivity contribution in [3.63, 3.8) is 0 Å². The number of anilines is 1. The minimum Gasteiger partial charge on any atom is -0.466 e. The van der Waals surface area contributed by atoms with Crippen LogP contribution in [0.2, 0.25) is 25.7 Å². The Hall–Kier alpha value is -4.03. The molecule has 16 nitrogen and oxygen atoms in total. The maximum Gasteiger partial charge on any atom is 0.407 e. The lowest BCUT2D eigenvalue weighted by Gasteiger charge is -2.37. The van der Waals surface area contributed by atoms with Crippen LogP contribution in [-0.2, 0) is 54.6 Å². The number of rotatable bonds is 21. The molecule has 1 aromatic carbocycles. The third kappa shape index (κ3) is 18.7. The van der Waals surface area contributed by atoms with Crippen molar-refractivity contribution in [2.24, 2.45) is 17.1 Å². The summed E-state index contributed by atoms with van der Waals surface area (Å²) in [6.45, 7) is 18.3. The van der Waals surface area contributed by atoms with Crippen LogP contribution in [-0.4, -0.2) is 106 Å². The van der Waals surface area contributed by atoms with Crippen LogP contribution in [0.4, 0.5) is 10.5 Å². The number of ether oxygens (including phenoxy) is 3. The van der Waals surface area contributed by atoms with Crippen LogP contribution in [0.15, 0.2) is 24.3 Å². The van der Waals surface area contributed by atoms with Crippen LogP contribution in [0.3, 0.4) is 0 Å². The van der Waals surface area contributed by atoms with Crippen molar-refractivity contribution in [2.45, 2.75) is 155 Å². The highest BCUT2D eigenvalue weighted by Gasteiger charge is 2.52. The summed E-state index contributed by atoms with van der Waals surface area (Å²) in [5.41, 5.74) is 4.20. The summed E-state index contributed by atoms with van der Waals surface area (Å²) >= 11 is 0. The Balaban J connectivity index is 2.41. The fraction of sp³-hybridized carbons (Fsp3) is 0.714. The van der Waals surface area contributed by atoms with E-state index in [1.165, 1.54) is 6.92 Å². The lowest BCUT2D eigenvalue weighted by molar-refractivity contribution is -0.163. The molecule has 3 atom stereocenters. The highest BCUT2D eigenvalue weighted by atomic mass is 32.2. The van der Waals surface area contributed by atoms with Gasteiger partial charge in [-0.1, -0.05) is 44.6 Å². The molecule has 5 N–H and O–H groups in total. The van der Waals surface area contributed by atoms with Crippen molar-refractivity contribution in [3.8, 4) is 0 Å². The number of nitrogens with zero attached hydrogens (tertiary/aromatic N) is 1. The van der Waals surface area contributed by atoms with Crippen LogP contribution >= 0.6 is 0 Å². The van der Waals surface area contributed by atoms with Gasteiger partial charge in [0.05, 0.1) is 30.2 Å². The molecular weight excluding hydrogens is 811 g/mol. The molecule has 18 heteroatoms. The van der Waals surface area contributed by atoms with Crippen molar-refractivity contribution in [2.75, 3.05) is 30.7 Å². The first-order valence-corrected chi connectivity index (χ1v) is 26.4. The van der Waals surface area contributed by atoms with Gasteiger partial charge < -0.3 is 30.6 Å². The third-order valence-electron chi connectivity index (χ3n) is 9.88. The molecule has 2 rings (SSSR count). The summed E-state index contributed by atoms with van der Waals surface area (Å²) in [7, 11) is -5.23. The van der Waals surface area contributed by atoms with Crippen molar-refractivity contribution < 1.29 is 51.4 Å². The summed E-state index contributed by atoms with van der Waals surface area (Å²) in [6, 6.07) is 4.86. The highest BCUT2D eigenvalue weighted by molar-refractivity contribution is 7.92. The van der Waals surface area contributed by atoms with E-state index in [-0.39, 0.29) is 50.9 Å². The SMILES string of the molecule is CC(=O)N(CCC(C(=O)OCC[Si](C)(C)C)C1(C(=O)N[C@@H](Cc2cccc(NS(C)(=O)=O)c2)C(=O)OC(C)(C)C)CCCC1)C(=O)[C@@H](N)CCCCNC(=O)OC(C)(C)C. The Morgan fingerprint density at radius 3 is 2.08 bits per heavy atom. The van der Waals surface area contributed by atoms with Crippen molar-refractivity contribution >= 4 is 59.5 Å². The maximum atomic E-state index is 14.8. The number of hydrogen-bond donors (Lipinski definition) is 4. The van der Waals surface area contributed by atoms with E-state index in [0.29, 0.717) is 43.8 Å². The second kappa shape index (κ2) is 22.2. The predicted molar refractivity (Wildman–Crippen MR) is 233 cm³/mol. The van der Waals surface area contributed by atoms with E-state index in [4.69, 9.17) is 19.9 Å². The molecule has 0 spiro atoms. The lowest BCUT2D eigenvalue weighted by atomic mass is 9.71. The van der Waals surface area contributed by atoms with Crippen LogP contribution in [0, 0.1) is 11.3 Å². The molecule has 0 saturated heterocycles. The third-order valence-corrected chi connectivity index (χ3v) is 12.2. The van der Waals surface area contributed by atoms with E-state index >= 15 is 0 Å². The molecule has 60 heavy (non-hydrogen) atoms. The smallest absolute Gasteiger partial charge is 0.407 e. The van der Waals surface area contributed by atoms with Gasteiger partial charge in [-0.2, -0.15) is 0 Å². The topological polar surface area (TPSA) is 230 Å². The normalized spacial score (nSPS) is 15.8. The number of nitrogens with one attached hydrogen (secondary N) is 3. The quantitative estimate of drug-likeness (QED) is 0.0536. The second-order valence-electron chi connectivity index (χ2n) is 19.1. The van der Waals surface area contributed by atoms with Gasteiger partial charge in [-0.15, -0.1) is 0 Å². The number of amides is 4. The average Bonchev–Trinajstić information content (AvgIpc) is 3.57. The minimum absolute atomic E-state index is 0.0527. The standard InChI is InChI=1S/C42H71N5O11SSi/c1-29(48)47(35(49)33(43)19-12-15-23-44-39(53)58-41(5,6)7)24-20-32(36(50)56-25-26-60(9,10)11)42(21-13-14-22-42)38(52)45-34(37(51)57-40(2,3)4)28-30-17-16-18-31(27-30)46-59(8,54)55/h16-18,27,32-34,46H,12-15,19-26,28,43H2,1-11H3,(H,44,53)(H,45,52)/t32?,33-,34-/m0/s1. The molecule has 340 valence electrons. The number of hydrogen-bond acceptors (Lipinski definition) is 12. The molecule has 1 aliphatic carbocycles. The zero-order valence-corrected chi connectivity index (χ0v) is 39.5. The zero-order chi connectivity index (χ0) is 45.7. The summed E-state index contributed by atoms with van der Waals surface area (Å²) in [4.78, 5) is 82.3. The molecular formula is C42H71N5O11SSi. The van der Waals surface area contributed by atoms with Crippen molar-refractivity contribution in [3.05, 3.63) is 29.8 Å². The van der Waals surface area contributed by atoms with Gasteiger partial charge in [-0.05, 0) is 104 Å². The maximum absolute atomic E-state index is 14.8. The number of benzene rings is 1. The molecule has 0 radical (unpaired) electrons. The Morgan fingerprint density at radius 2 is 1.53 bits per heavy atom. The summed E-state index contributed by atoms with van der Waals surface area (Å²) in [6.07, 6.45) is 3.31. The highest BCUT2D eigenvalue weighted by Crippen LogP contribution is 2.47. The molecule has 1 aromatic rings. The molecule has 1 fully saturated rings. The van der Waals surface area contributed by atoms with Crippen LogP contribution in [0.1, 0.15) is 105 Å². The average molecular weight is 882 g/mol. The molecule has 1 unspecified atom stereocenters. The van der Waals surface area contributed by atoms with Gasteiger partial charge in [0.2, 0.25) is 27.7 Å². The number of sulfonamides is 1. The van der Waals surface area contributed by atoms with E-state index in [0.717, 1.165) is 11.2 Å². The predicted octanol–water partition coefficient (Wildman–Crippen LogP) is 5.27. The van der Waals surface area contributed by atoms with Gasteiger partial charge in [0, 0.05) is 40.2 Å². The van der Waals surface area contributed by atoms with Gasteiger partial charge in [0.25, 0.3) is 0 Å². The van der Waals surface area contributed by atoms with E-state index in [1.54, 1.807) is 65.8 Å². The van der Waals surface area contributed by atoms with Crippen molar-refractivity contribution in [1.82, 2.24) is 15.5 Å². The molecule has 4 amide bonds. The molecule has 0 aromatic heterocycles. The molecule has 1 aliphatic rings. The van der Waals surface area contributed by atoms with Gasteiger partial charge in [-0.3, -0.25) is 28.8 Å². The summed E-state index contributed by atoms with van der Waals surface area (Å²) < 4.78 is 43.1. The fourth-order valence-corrected chi connectivity index (χ4v) is 8.27. The number of alkyl carbamates (subject to hydrolysis) is 1. The van der Waals surface area contributed by atoms with E-state index in [9.17, 15) is 37.2 Å². The van der Waals surface area contributed by atoms with E-state index in [1.807, 2.05) is 0 Å². The monoisotopic (exact) mass is 881 g/mol. The first-order valence-electron chi connectivity index (χ1n) is 20.8. The Bertz CT molecular complexity index is 1760. The van der Waals surface area contributed by atoms with Crippen LogP contribution in [0.25, 0.3) is 0 Å². The Morgan fingerprint density at radius 1 is 0.917 bits per heavy atom. The minimum atomic E-state index is -3.60. The van der Waals surface area contributed by atoms with E-state index in [2.05, 4.69) is 35.0 Å². The van der Waals surface area contributed by atoms with Gasteiger partial charge in [-0.25, -0.2) is 18.0 Å². The number of unbranched alkanes of at least 4 members (excludes halogenated alkanes) is 1. The van der Waals surface area contributed by atoms with Gasteiger partial charge in [0.1, 0.15) is 17.2 Å². The number of esters is 2. The molecule has 0 aliphatic heterocycles. The number of carbonyl (C=O) groups is 6. The summed E-state index contributed by atoms with van der Waals surface area (Å²) in [5.74, 6) is -4.20. The van der Waals surface area contributed by atoms with Gasteiger partial charge in [0.15, 0.2) is 0 Å².